The minimum Gasteiger partial charge on any atom is -0.340 e. The molecule has 7 nitrogen and oxygen atoms in total. The minimum absolute atomic E-state index is 0.0594. The van der Waals surface area contributed by atoms with Crippen LogP contribution in [0.1, 0.15) is 30.0 Å². The van der Waals surface area contributed by atoms with Crippen LogP contribution in [-0.4, -0.2) is 43.6 Å². The minimum atomic E-state index is -0.340. The van der Waals surface area contributed by atoms with Gasteiger partial charge >= 0.3 is 5.69 Å². The number of rotatable bonds is 3. The van der Waals surface area contributed by atoms with E-state index >= 15 is 0 Å². The third-order valence-electron chi connectivity index (χ3n) is 3.97. The second-order valence-corrected chi connectivity index (χ2v) is 5.72. The summed E-state index contributed by atoms with van der Waals surface area (Å²) >= 11 is 0. The van der Waals surface area contributed by atoms with E-state index in [2.05, 4.69) is 15.1 Å². The Morgan fingerprint density at radius 1 is 1.50 bits per heavy atom. The molecule has 1 amide bonds. The Morgan fingerprint density at radius 3 is 3.09 bits per heavy atom. The molecule has 3 heterocycles. The smallest absolute Gasteiger partial charge is 0.340 e. The van der Waals surface area contributed by atoms with Crippen molar-refractivity contribution in [3.8, 4) is 0 Å². The van der Waals surface area contributed by atoms with Crippen LogP contribution in [0.15, 0.2) is 29.5 Å². The summed E-state index contributed by atoms with van der Waals surface area (Å²) in [5.74, 6) is 0.219. The summed E-state index contributed by atoms with van der Waals surface area (Å²) < 4.78 is 1.66. The molecule has 0 bridgehead atoms. The highest BCUT2D eigenvalue weighted by molar-refractivity contribution is 5.76. The Balaban J connectivity index is 1.67. The third-order valence-corrected chi connectivity index (χ3v) is 3.97. The first kappa shape index (κ1) is 14.5. The lowest BCUT2D eigenvalue weighted by atomic mass is 9.94. The average Bonchev–Trinajstić information content (AvgIpc) is 2.92. The first-order valence-corrected chi connectivity index (χ1v) is 7.44. The summed E-state index contributed by atoms with van der Waals surface area (Å²) in [5.41, 5.74) is 1.55. The van der Waals surface area contributed by atoms with E-state index in [0.717, 1.165) is 30.6 Å². The number of aromatic amines is 1. The molecule has 0 aromatic carbocycles. The van der Waals surface area contributed by atoms with Gasteiger partial charge in [0.25, 0.3) is 0 Å². The van der Waals surface area contributed by atoms with Crippen molar-refractivity contribution in [3.63, 3.8) is 0 Å². The lowest BCUT2D eigenvalue weighted by Crippen LogP contribution is -2.41. The number of nitrogens with zero attached hydrogens (tertiary/aromatic N) is 4. The second kappa shape index (κ2) is 6.13. The molecule has 0 saturated carbocycles. The Labute approximate surface area is 128 Å². The highest BCUT2D eigenvalue weighted by Crippen LogP contribution is 2.24. The third kappa shape index (κ3) is 3.24. The molecule has 116 valence electrons. The van der Waals surface area contributed by atoms with Gasteiger partial charge in [0.05, 0.1) is 6.20 Å². The number of carbonyl (C=O) groups is 1. The van der Waals surface area contributed by atoms with Gasteiger partial charge in [0, 0.05) is 37.1 Å². The van der Waals surface area contributed by atoms with Gasteiger partial charge in [-0.1, -0.05) is 0 Å². The number of H-pyrrole nitrogens is 1. The molecule has 0 aliphatic carbocycles. The van der Waals surface area contributed by atoms with Gasteiger partial charge in [0.1, 0.15) is 6.54 Å². The second-order valence-electron chi connectivity index (χ2n) is 5.72. The predicted octanol–water partition coefficient (Wildman–Crippen LogP) is 0.681. The van der Waals surface area contributed by atoms with Crippen LogP contribution >= 0.6 is 0 Å². The number of piperidine rings is 1. The first-order valence-electron chi connectivity index (χ1n) is 7.44. The fraction of sp³-hybridized carbons (Fsp3) is 0.467. The van der Waals surface area contributed by atoms with Crippen molar-refractivity contribution in [2.45, 2.75) is 32.2 Å². The number of aryl methyl sites for hydroxylation is 1. The fourth-order valence-corrected chi connectivity index (χ4v) is 2.87. The van der Waals surface area contributed by atoms with Gasteiger partial charge in [0.15, 0.2) is 0 Å². The molecule has 1 aliphatic heterocycles. The zero-order chi connectivity index (χ0) is 15.5. The molecule has 3 rings (SSSR count). The lowest BCUT2D eigenvalue weighted by Gasteiger charge is -2.32. The lowest BCUT2D eigenvalue weighted by molar-refractivity contribution is -0.133. The number of hydrogen-bond acceptors (Lipinski definition) is 4. The molecule has 1 aliphatic rings. The maximum absolute atomic E-state index is 12.4. The standard InChI is InChI=1S/C15H19N5O2/c1-11-7-17-20(8-11)10-14(21)19-6-2-3-12(9-19)13-4-5-16-15(22)18-13/h4-5,7-8,12H,2-3,6,9-10H2,1H3,(H,16,18,22). The van der Waals surface area contributed by atoms with E-state index in [0.29, 0.717) is 6.54 Å². The number of likely N-dealkylation sites (tertiary alicyclic amines) is 1. The Hall–Kier alpha value is -2.44. The molecule has 1 unspecified atom stereocenters. The van der Waals surface area contributed by atoms with Crippen molar-refractivity contribution in [1.29, 1.82) is 0 Å². The van der Waals surface area contributed by atoms with E-state index in [4.69, 9.17) is 0 Å². The topological polar surface area (TPSA) is 83.9 Å². The van der Waals surface area contributed by atoms with Gasteiger partial charge in [-0.3, -0.25) is 9.48 Å². The van der Waals surface area contributed by atoms with Crippen LogP contribution in [-0.2, 0) is 11.3 Å². The van der Waals surface area contributed by atoms with Gasteiger partial charge in [-0.15, -0.1) is 0 Å². The Bertz CT molecular complexity index is 720. The maximum Gasteiger partial charge on any atom is 0.345 e. The monoisotopic (exact) mass is 301 g/mol. The zero-order valence-corrected chi connectivity index (χ0v) is 12.5. The summed E-state index contributed by atoms with van der Waals surface area (Å²) in [6.45, 7) is 3.59. The average molecular weight is 301 g/mol. The van der Waals surface area contributed by atoms with E-state index in [9.17, 15) is 9.59 Å². The van der Waals surface area contributed by atoms with Crippen LogP contribution in [0.2, 0.25) is 0 Å². The molecule has 7 heteroatoms. The molecule has 2 aromatic rings. The molecule has 2 aromatic heterocycles. The molecule has 1 fully saturated rings. The van der Waals surface area contributed by atoms with Crippen LogP contribution in [0.4, 0.5) is 0 Å². The van der Waals surface area contributed by atoms with Crippen LogP contribution in [0, 0.1) is 6.92 Å². The summed E-state index contributed by atoms with van der Waals surface area (Å²) in [5, 5.41) is 4.15. The quantitative estimate of drug-likeness (QED) is 0.903. The number of amides is 1. The summed E-state index contributed by atoms with van der Waals surface area (Å²) in [6, 6.07) is 1.82. The van der Waals surface area contributed by atoms with Crippen LogP contribution in [0.25, 0.3) is 0 Å². The van der Waals surface area contributed by atoms with Gasteiger partial charge in [-0.25, -0.2) is 9.78 Å². The van der Waals surface area contributed by atoms with Crippen LogP contribution in [0.5, 0.6) is 0 Å². The molecule has 0 spiro atoms. The Morgan fingerprint density at radius 2 is 2.36 bits per heavy atom. The van der Waals surface area contributed by atoms with Crippen molar-refractivity contribution in [2.75, 3.05) is 13.1 Å². The van der Waals surface area contributed by atoms with Crippen molar-refractivity contribution >= 4 is 5.91 Å². The van der Waals surface area contributed by atoms with Crippen LogP contribution in [0.3, 0.4) is 0 Å². The molecule has 1 saturated heterocycles. The largest absolute Gasteiger partial charge is 0.345 e. The van der Waals surface area contributed by atoms with Crippen molar-refractivity contribution in [1.82, 2.24) is 24.6 Å². The van der Waals surface area contributed by atoms with Gasteiger partial charge in [-0.2, -0.15) is 5.10 Å². The number of carbonyl (C=O) groups excluding carboxylic acids is 1. The van der Waals surface area contributed by atoms with E-state index in [1.807, 2.05) is 24.1 Å². The molecule has 0 radical (unpaired) electrons. The molecular weight excluding hydrogens is 282 g/mol. The number of aromatic nitrogens is 4. The number of hydrogen-bond donors (Lipinski definition) is 1. The predicted molar refractivity (Wildman–Crippen MR) is 80.4 cm³/mol. The summed E-state index contributed by atoms with van der Waals surface area (Å²) in [4.78, 5) is 32.0. The summed E-state index contributed by atoms with van der Waals surface area (Å²) in [7, 11) is 0. The van der Waals surface area contributed by atoms with E-state index in [-0.39, 0.29) is 24.1 Å². The van der Waals surface area contributed by atoms with Crippen molar-refractivity contribution in [2.24, 2.45) is 0 Å². The van der Waals surface area contributed by atoms with E-state index < -0.39 is 0 Å². The molecule has 1 atom stereocenters. The highest BCUT2D eigenvalue weighted by Gasteiger charge is 2.25. The van der Waals surface area contributed by atoms with E-state index in [1.54, 1.807) is 10.9 Å². The molecule has 22 heavy (non-hydrogen) atoms. The summed E-state index contributed by atoms with van der Waals surface area (Å²) in [6.07, 6.45) is 7.01. The first-order chi connectivity index (χ1) is 10.6. The normalized spacial score (nSPS) is 18.4. The van der Waals surface area contributed by atoms with E-state index in [1.165, 1.54) is 6.20 Å². The number of nitrogens with one attached hydrogen (secondary N) is 1. The van der Waals surface area contributed by atoms with Crippen LogP contribution < -0.4 is 5.69 Å². The zero-order valence-electron chi connectivity index (χ0n) is 12.5. The SMILES string of the molecule is Cc1cnn(CC(=O)N2CCCC(c3ccnc(=O)[nH]3)C2)c1. The highest BCUT2D eigenvalue weighted by atomic mass is 16.2. The fourth-order valence-electron chi connectivity index (χ4n) is 2.87. The van der Waals surface area contributed by atoms with Gasteiger partial charge in [-0.05, 0) is 31.4 Å². The van der Waals surface area contributed by atoms with Crippen molar-refractivity contribution < 1.29 is 4.79 Å². The van der Waals surface area contributed by atoms with Gasteiger partial charge in [0.2, 0.25) is 5.91 Å². The Kier molecular flexibility index (Phi) is 4.04. The van der Waals surface area contributed by atoms with Crippen molar-refractivity contribution in [3.05, 3.63) is 46.4 Å². The van der Waals surface area contributed by atoms with Gasteiger partial charge < -0.3 is 9.88 Å². The maximum atomic E-state index is 12.4. The molecule has 1 N–H and O–H groups in total. The molecular formula is C15H19N5O2.